The molecule has 5 nitrogen and oxygen atoms in total. The number of piperidine rings is 1. The molecule has 0 aromatic heterocycles. The zero-order valence-corrected chi connectivity index (χ0v) is 15.4. The van der Waals surface area contributed by atoms with Crippen molar-refractivity contribution in [1.29, 1.82) is 0 Å². The second-order valence-electron chi connectivity index (χ2n) is 7.14. The Kier molecular flexibility index (Phi) is 5.03. The number of benzene rings is 2. The number of carbonyl (C=O) groups is 2. The standard InChI is InChI=1S/C23H21NO4/c25-22(26)10-9-16-11-13-24(14-12-16)23(27)28-15-21-19-7-3-1-5-17(19)18-6-2-4-8-20(18)21/h1-8,16,21H,11-15H2,(H,25,26). The van der Waals surface area contributed by atoms with E-state index in [-0.39, 0.29) is 17.9 Å². The lowest BCUT2D eigenvalue weighted by atomic mass is 9.97. The van der Waals surface area contributed by atoms with Crippen LogP contribution in [-0.4, -0.2) is 41.8 Å². The second kappa shape index (κ2) is 7.77. The molecular formula is C23H21NO4. The van der Waals surface area contributed by atoms with Crippen molar-refractivity contribution in [2.45, 2.75) is 18.8 Å². The van der Waals surface area contributed by atoms with E-state index in [2.05, 4.69) is 36.1 Å². The number of carbonyl (C=O) groups excluding carboxylic acids is 1. The van der Waals surface area contributed by atoms with Crippen LogP contribution in [0.3, 0.4) is 0 Å². The average Bonchev–Trinajstić information content (AvgIpc) is 3.05. The maximum absolute atomic E-state index is 12.5. The summed E-state index contributed by atoms with van der Waals surface area (Å²) in [6.07, 6.45) is 1.03. The maximum atomic E-state index is 12.5. The number of nitrogens with zero attached hydrogens (tertiary/aromatic N) is 1. The Morgan fingerprint density at radius 2 is 1.57 bits per heavy atom. The summed E-state index contributed by atoms with van der Waals surface area (Å²) in [6.45, 7) is 1.39. The molecule has 1 heterocycles. The van der Waals surface area contributed by atoms with Gasteiger partial charge in [0.25, 0.3) is 0 Å². The summed E-state index contributed by atoms with van der Waals surface area (Å²) < 4.78 is 5.67. The van der Waals surface area contributed by atoms with Gasteiger partial charge in [0, 0.05) is 30.8 Å². The normalized spacial score (nSPS) is 15.9. The SMILES string of the molecule is O=C(O)C#CC1CCN(C(=O)OCC2c3ccccc3-c3ccccc32)CC1. The number of likely N-dealkylation sites (tertiary alicyclic amines) is 1. The molecule has 2 aliphatic rings. The quantitative estimate of drug-likeness (QED) is 0.812. The molecule has 4 rings (SSSR count). The number of carboxylic acid groups (broad SMARTS) is 1. The van der Waals surface area contributed by atoms with E-state index >= 15 is 0 Å². The lowest BCUT2D eigenvalue weighted by Gasteiger charge is -2.29. The van der Waals surface area contributed by atoms with Gasteiger partial charge in [0.05, 0.1) is 0 Å². The van der Waals surface area contributed by atoms with E-state index in [1.54, 1.807) is 4.90 Å². The summed E-state index contributed by atoms with van der Waals surface area (Å²) in [5.41, 5.74) is 4.80. The first-order valence-electron chi connectivity index (χ1n) is 9.48. The minimum Gasteiger partial charge on any atom is -0.472 e. The predicted octanol–water partition coefficient (Wildman–Crippen LogP) is 3.74. The Bertz CT molecular complexity index is 918. The lowest BCUT2D eigenvalue weighted by molar-refractivity contribution is -0.130. The maximum Gasteiger partial charge on any atom is 0.409 e. The van der Waals surface area contributed by atoms with Crippen molar-refractivity contribution in [3.63, 3.8) is 0 Å². The van der Waals surface area contributed by atoms with E-state index in [1.807, 2.05) is 24.3 Å². The van der Waals surface area contributed by atoms with Gasteiger partial charge in [-0.15, -0.1) is 0 Å². The van der Waals surface area contributed by atoms with Crippen LogP contribution in [0.25, 0.3) is 11.1 Å². The Morgan fingerprint density at radius 3 is 2.14 bits per heavy atom. The van der Waals surface area contributed by atoms with Crippen molar-refractivity contribution in [3.05, 3.63) is 59.7 Å². The predicted molar refractivity (Wildman–Crippen MR) is 105 cm³/mol. The number of carboxylic acids is 1. The highest BCUT2D eigenvalue weighted by molar-refractivity contribution is 5.86. The summed E-state index contributed by atoms with van der Waals surface area (Å²) in [4.78, 5) is 24.8. The molecule has 0 spiro atoms. The zero-order valence-electron chi connectivity index (χ0n) is 15.4. The van der Waals surface area contributed by atoms with Gasteiger partial charge in [0.2, 0.25) is 0 Å². The first-order valence-corrected chi connectivity index (χ1v) is 9.48. The van der Waals surface area contributed by atoms with Gasteiger partial charge in [0.1, 0.15) is 6.61 Å². The summed E-state index contributed by atoms with van der Waals surface area (Å²) >= 11 is 0. The van der Waals surface area contributed by atoms with Crippen LogP contribution < -0.4 is 0 Å². The lowest BCUT2D eigenvalue weighted by Crippen LogP contribution is -2.39. The number of fused-ring (bicyclic) bond motifs is 3. The van der Waals surface area contributed by atoms with Crippen molar-refractivity contribution >= 4 is 12.1 Å². The van der Waals surface area contributed by atoms with Crippen molar-refractivity contribution in [2.75, 3.05) is 19.7 Å². The molecule has 1 aliphatic carbocycles. The monoisotopic (exact) mass is 375 g/mol. The molecule has 2 aromatic carbocycles. The first-order chi connectivity index (χ1) is 13.6. The topological polar surface area (TPSA) is 66.8 Å². The van der Waals surface area contributed by atoms with Crippen molar-refractivity contribution < 1.29 is 19.4 Å². The Morgan fingerprint density at radius 1 is 1.00 bits per heavy atom. The molecule has 1 fully saturated rings. The average molecular weight is 375 g/mol. The summed E-state index contributed by atoms with van der Waals surface area (Å²) in [7, 11) is 0. The van der Waals surface area contributed by atoms with Gasteiger partial charge in [-0.2, -0.15) is 0 Å². The third-order valence-corrected chi connectivity index (χ3v) is 5.47. The van der Waals surface area contributed by atoms with E-state index in [0.29, 0.717) is 32.5 Å². The third kappa shape index (κ3) is 3.59. The number of hydrogen-bond donors (Lipinski definition) is 1. The molecule has 142 valence electrons. The smallest absolute Gasteiger partial charge is 0.409 e. The van der Waals surface area contributed by atoms with Crippen molar-refractivity contribution in [1.82, 2.24) is 4.90 Å². The molecule has 0 bridgehead atoms. The fourth-order valence-corrected chi connectivity index (χ4v) is 4.06. The van der Waals surface area contributed by atoms with Gasteiger partial charge in [-0.1, -0.05) is 54.5 Å². The highest BCUT2D eigenvalue weighted by Crippen LogP contribution is 2.44. The van der Waals surface area contributed by atoms with Crippen molar-refractivity contribution in [2.24, 2.45) is 5.92 Å². The Labute approximate surface area is 163 Å². The number of ether oxygens (including phenoxy) is 1. The van der Waals surface area contributed by atoms with Crippen LogP contribution >= 0.6 is 0 Å². The Hall–Kier alpha value is -3.26. The number of rotatable bonds is 2. The highest BCUT2D eigenvalue weighted by Gasteiger charge is 2.30. The number of amides is 1. The van der Waals surface area contributed by atoms with E-state index in [9.17, 15) is 9.59 Å². The van der Waals surface area contributed by atoms with Gasteiger partial charge < -0.3 is 14.7 Å². The van der Waals surface area contributed by atoms with Crippen LogP contribution in [0.2, 0.25) is 0 Å². The van der Waals surface area contributed by atoms with Crippen LogP contribution in [0.1, 0.15) is 29.9 Å². The summed E-state index contributed by atoms with van der Waals surface area (Å²) in [5.74, 6) is 3.88. The molecule has 2 aromatic rings. The molecule has 1 amide bonds. The number of hydrogen-bond acceptors (Lipinski definition) is 3. The zero-order chi connectivity index (χ0) is 19.5. The molecule has 0 saturated carbocycles. The van der Waals surface area contributed by atoms with Crippen LogP contribution in [0.4, 0.5) is 4.79 Å². The molecule has 0 atom stereocenters. The third-order valence-electron chi connectivity index (χ3n) is 5.47. The minimum absolute atomic E-state index is 0.0220. The van der Waals surface area contributed by atoms with E-state index in [4.69, 9.17) is 9.84 Å². The second-order valence-corrected chi connectivity index (χ2v) is 7.14. The highest BCUT2D eigenvalue weighted by atomic mass is 16.6. The van der Waals surface area contributed by atoms with Crippen LogP contribution in [-0.2, 0) is 9.53 Å². The molecule has 0 radical (unpaired) electrons. The molecule has 1 aliphatic heterocycles. The fraction of sp³-hybridized carbons (Fsp3) is 0.304. The largest absolute Gasteiger partial charge is 0.472 e. The minimum atomic E-state index is -1.11. The fourth-order valence-electron chi connectivity index (χ4n) is 4.06. The molecular weight excluding hydrogens is 354 g/mol. The van der Waals surface area contributed by atoms with Gasteiger partial charge in [-0.3, -0.25) is 0 Å². The molecule has 1 N–H and O–H groups in total. The van der Waals surface area contributed by atoms with Crippen LogP contribution in [0.15, 0.2) is 48.5 Å². The van der Waals surface area contributed by atoms with Crippen LogP contribution in [0.5, 0.6) is 0 Å². The Balaban J connectivity index is 1.38. The summed E-state index contributed by atoms with van der Waals surface area (Å²) in [5, 5.41) is 8.64. The molecule has 5 heteroatoms. The summed E-state index contributed by atoms with van der Waals surface area (Å²) in [6, 6.07) is 16.5. The molecule has 1 saturated heterocycles. The molecule has 0 unspecified atom stereocenters. The van der Waals surface area contributed by atoms with Crippen LogP contribution in [0, 0.1) is 17.8 Å². The van der Waals surface area contributed by atoms with Gasteiger partial charge >= 0.3 is 12.1 Å². The van der Waals surface area contributed by atoms with Gasteiger partial charge in [-0.05, 0) is 35.1 Å². The van der Waals surface area contributed by atoms with Gasteiger partial charge in [-0.25, -0.2) is 9.59 Å². The van der Waals surface area contributed by atoms with E-state index in [1.165, 1.54) is 22.3 Å². The van der Waals surface area contributed by atoms with Crippen molar-refractivity contribution in [3.8, 4) is 23.0 Å². The molecule has 28 heavy (non-hydrogen) atoms. The first kappa shape index (κ1) is 18.1. The van der Waals surface area contributed by atoms with E-state index in [0.717, 1.165) is 0 Å². The van der Waals surface area contributed by atoms with E-state index < -0.39 is 5.97 Å². The number of aliphatic carboxylic acids is 1. The van der Waals surface area contributed by atoms with Gasteiger partial charge in [0.15, 0.2) is 0 Å².